The summed E-state index contributed by atoms with van der Waals surface area (Å²) < 4.78 is 0. The van der Waals surface area contributed by atoms with Crippen LogP contribution in [-0.2, 0) is 15.1 Å². The van der Waals surface area contributed by atoms with Crippen LogP contribution in [0.5, 0.6) is 0 Å². The van der Waals surface area contributed by atoms with Crippen LogP contribution in [0, 0.1) is 14.4 Å². The minimum atomic E-state index is -0.931. The average molecular weight is 323 g/mol. The first kappa shape index (κ1) is 18.5. The quantitative estimate of drug-likeness (QED) is 0.494. The third-order valence-electron chi connectivity index (χ3n) is 0.843. The topological polar surface area (TPSA) is 0 Å². The van der Waals surface area contributed by atoms with Crippen molar-refractivity contribution in [3.05, 3.63) is 50.2 Å². The number of hydrogen-bond donors (Lipinski definition) is 0. The van der Waals surface area contributed by atoms with E-state index in [9.17, 15) is 0 Å². The SMILES string of the molecule is Br.[CH2-]c1ccccc1.[CH3-].[Cl][Zn][Cl]. The van der Waals surface area contributed by atoms with Gasteiger partial charge in [-0.15, -0.1) is 29.1 Å². The second-order valence-corrected chi connectivity index (χ2v) is 6.21. The van der Waals surface area contributed by atoms with E-state index < -0.39 is 15.1 Å². The molecule has 0 N–H and O–H groups in total. The molecule has 0 fully saturated rings. The Labute approximate surface area is 101 Å². The summed E-state index contributed by atoms with van der Waals surface area (Å²) in [5.41, 5.74) is 1.07. The van der Waals surface area contributed by atoms with E-state index in [-0.39, 0.29) is 24.4 Å². The molecular formula is C8H11BrCl2Zn-2. The maximum absolute atomic E-state index is 4.95. The summed E-state index contributed by atoms with van der Waals surface area (Å²) >= 11 is -0.931. The van der Waals surface area contributed by atoms with Crippen molar-refractivity contribution in [1.29, 1.82) is 0 Å². The second kappa shape index (κ2) is 14.3. The van der Waals surface area contributed by atoms with E-state index in [2.05, 4.69) is 6.92 Å². The molecule has 0 nitrogen and oxygen atoms in total. The Bertz CT molecular complexity index is 158. The Morgan fingerprint density at radius 1 is 1.08 bits per heavy atom. The van der Waals surface area contributed by atoms with Gasteiger partial charge in [0, 0.05) is 0 Å². The van der Waals surface area contributed by atoms with Crippen LogP contribution in [0.15, 0.2) is 30.3 Å². The molecule has 0 unspecified atom stereocenters. The fourth-order valence-electron chi connectivity index (χ4n) is 0.478. The zero-order chi connectivity index (χ0) is 7.82. The normalized spacial score (nSPS) is 5.83. The van der Waals surface area contributed by atoms with Gasteiger partial charge in [0.15, 0.2) is 0 Å². The van der Waals surface area contributed by atoms with Crippen molar-refractivity contribution in [3.8, 4) is 0 Å². The molecule has 0 aliphatic rings. The maximum atomic E-state index is 4.95. The van der Waals surface area contributed by atoms with Crippen LogP contribution in [0.2, 0.25) is 0 Å². The zero-order valence-electron chi connectivity index (χ0n) is 6.97. The summed E-state index contributed by atoms with van der Waals surface area (Å²) in [6.07, 6.45) is 0. The zero-order valence-corrected chi connectivity index (χ0v) is 13.2. The van der Waals surface area contributed by atoms with Crippen molar-refractivity contribution in [2.75, 3.05) is 0 Å². The van der Waals surface area contributed by atoms with Gasteiger partial charge in [-0.1, -0.05) is 6.07 Å². The molecule has 0 atom stereocenters. The predicted molar refractivity (Wildman–Crippen MR) is 59.3 cm³/mol. The van der Waals surface area contributed by atoms with Crippen LogP contribution in [0.4, 0.5) is 0 Å². The fourth-order valence-corrected chi connectivity index (χ4v) is 0.478. The van der Waals surface area contributed by atoms with Gasteiger partial charge in [0.05, 0.1) is 0 Å². The molecule has 0 amide bonds. The van der Waals surface area contributed by atoms with Gasteiger partial charge in [0.1, 0.15) is 0 Å². The van der Waals surface area contributed by atoms with Crippen molar-refractivity contribution in [1.82, 2.24) is 0 Å². The summed E-state index contributed by atoms with van der Waals surface area (Å²) in [7, 11) is 9.90. The standard InChI is InChI=1S/C7H7.CH3.BrH.2ClH.Zn/c1-7-5-3-2-4-6-7;;;;;/h2-6H,1H2;1H3;3*1H;/q2*-1;;;;+2/p-2. The van der Waals surface area contributed by atoms with Crippen LogP contribution < -0.4 is 0 Å². The molecule has 0 aliphatic carbocycles. The van der Waals surface area contributed by atoms with E-state index in [1.807, 2.05) is 30.3 Å². The van der Waals surface area contributed by atoms with E-state index in [0.717, 1.165) is 5.56 Å². The van der Waals surface area contributed by atoms with E-state index >= 15 is 0 Å². The van der Waals surface area contributed by atoms with Gasteiger partial charge in [-0.3, -0.25) is 0 Å². The number of halogens is 3. The molecule has 0 heterocycles. The molecule has 12 heavy (non-hydrogen) atoms. The van der Waals surface area contributed by atoms with Crippen LogP contribution in [0.25, 0.3) is 0 Å². The Balaban J connectivity index is -0.000000146. The molecule has 1 aromatic carbocycles. The first-order valence-corrected chi connectivity index (χ1v) is 10.6. The molecule has 1 rings (SSSR count). The van der Waals surface area contributed by atoms with E-state index in [4.69, 9.17) is 19.4 Å². The summed E-state index contributed by atoms with van der Waals surface area (Å²) in [6.45, 7) is 3.72. The van der Waals surface area contributed by atoms with E-state index in [1.54, 1.807) is 0 Å². The summed E-state index contributed by atoms with van der Waals surface area (Å²) in [6, 6.07) is 9.87. The molecule has 0 saturated carbocycles. The first-order chi connectivity index (χ1) is 4.81. The van der Waals surface area contributed by atoms with E-state index in [1.165, 1.54) is 0 Å². The molecule has 0 saturated heterocycles. The summed E-state index contributed by atoms with van der Waals surface area (Å²) in [5.74, 6) is 0. The first-order valence-electron chi connectivity index (χ1n) is 2.80. The van der Waals surface area contributed by atoms with Crippen molar-refractivity contribution in [2.45, 2.75) is 0 Å². The Kier molecular flexibility index (Phi) is 22.1. The summed E-state index contributed by atoms with van der Waals surface area (Å²) in [5, 5.41) is 0. The van der Waals surface area contributed by atoms with Crippen LogP contribution in [0.1, 0.15) is 5.56 Å². The predicted octanol–water partition coefficient (Wildman–Crippen LogP) is 4.27. The van der Waals surface area contributed by atoms with Crippen LogP contribution in [0.3, 0.4) is 0 Å². The van der Waals surface area contributed by atoms with Gasteiger partial charge in [-0.05, 0) is 0 Å². The van der Waals surface area contributed by atoms with Crippen LogP contribution >= 0.6 is 36.4 Å². The molecule has 0 spiro atoms. The summed E-state index contributed by atoms with van der Waals surface area (Å²) in [4.78, 5) is 0. The Morgan fingerprint density at radius 2 is 1.42 bits per heavy atom. The van der Waals surface area contributed by atoms with Gasteiger partial charge in [0.2, 0.25) is 0 Å². The van der Waals surface area contributed by atoms with Gasteiger partial charge in [-0.2, -0.15) is 24.6 Å². The Morgan fingerprint density at radius 3 is 1.58 bits per heavy atom. The van der Waals surface area contributed by atoms with E-state index in [0.29, 0.717) is 0 Å². The minimum absolute atomic E-state index is 0. The second-order valence-electron chi connectivity index (χ2n) is 1.59. The molecule has 0 radical (unpaired) electrons. The van der Waals surface area contributed by atoms with Crippen molar-refractivity contribution >= 4 is 36.4 Å². The molecule has 4 heteroatoms. The number of rotatable bonds is 0. The molecule has 0 aromatic heterocycles. The van der Waals surface area contributed by atoms with Crippen LogP contribution in [-0.4, -0.2) is 0 Å². The fraction of sp³-hybridized carbons (Fsp3) is 0. The third kappa shape index (κ3) is 13.4. The van der Waals surface area contributed by atoms with Crippen molar-refractivity contribution in [2.24, 2.45) is 0 Å². The van der Waals surface area contributed by atoms with Crippen molar-refractivity contribution in [3.63, 3.8) is 0 Å². The van der Waals surface area contributed by atoms with Gasteiger partial charge >= 0.3 is 34.5 Å². The van der Waals surface area contributed by atoms with Gasteiger partial charge < -0.3 is 7.43 Å². The molecule has 0 bridgehead atoms. The third-order valence-corrected chi connectivity index (χ3v) is 0.843. The molecule has 1 aromatic rings. The number of hydrogen-bond acceptors (Lipinski definition) is 0. The average Bonchev–Trinajstić information content (AvgIpc) is 1.91. The van der Waals surface area contributed by atoms with Gasteiger partial charge in [-0.25, -0.2) is 0 Å². The molecular weight excluding hydrogens is 312 g/mol. The van der Waals surface area contributed by atoms with Crippen molar-refractivity contribution < 1.29 is 15.1 Å². The molecule has 0 aliphatic heterocycles. The van der Waals surface area contributed by atoms with Gasteiger partial charge in [0.25, 0.3) is 0 Å². The number of benzene rings is 1. The monoisotopic (exact) mass is 320 g/mol. The Hall–Kier alpha value is 0.773. The molecule has 68 valence electrons.